The van der Waals surface area contributed by atoms with Gasteiger partial charge in [0, 0.05) is 30.1 Å². The average Bonchev–Trinajstić information content (AvgIpc) is 2.23. The smallest absolute Gasteiger partial charge is 0.283 e. The first kappa shape index (κ1) is 14.6. The Morgan fingerprint density at radius 2 is 2.18 bits per heavy atom. The van der Waals surface area contributed by atoms with E-state index in [1.54, 1.807) is 17.0 Å². The lowest BCUT2D eigenvalue weighted by atomic mass is 10.2. The highest BCUT2D eigenvalue weighted by Crippen LogP contribution is 2.20. The Morgan fingerprint density at radius 3 is 2.76 bits per heavy atom. The van der Waals surface area contributed by atoms with Crippen LogP contribution in [0, 0.1) is 5.92 Å². The highest BCUT2D eigenvalue weighted by Gasteiger charge is 2.10. The van der Waals surface area contributed by atoms with Gasteiger partial charge >= 0.3 is 0 Å². The molecule has 1 heterocycles. The molecule has 1 unspecified atom stereocenters. The van der Waals surface area contributed by atoms with E-state index in [2.05, 4.69) is 25.8 Å². The van der Waals surface area contributed by atoms with E-state index in [9.17, 15) is 4.79 Å². The number of thioether (sulfide) groups is 1. The molecule has 0 aliphatic heterocycles. The van der Waals surface area contributed by atoms with Crippen molar-refractivity contribution < 1.29 is 0 Å². The SMILES string of the molecule is CC(C)Cn1ccnc(SC(C)CCCl)c1=O. The third-order valence-corrected chi connectivity index (χ3v) is 3.63. The number of rotatable bonds is 6. The van der Waals surface area contributed by atoms with Gasteiger partial charge in [0.1, 0.15) is 0 Å². The van der Waals surface area contributed by atoms with Crippen molar-refractivity contribution >= 4 is 23.4 Å². The van der Waals surface area contributed by atoms with Gasteiger partial charge in [-0.25, -0.2) is 4.98 Å². The van der Waals surface area contributed by atoms with Gasteiger partial charge in [-0.1, -0.05) is 32.5 Å². The number of hydrogen-bond acceptors (Lipinski definition) is 3. The molecule has 0 saturated carbocycles. The van der Waals surface area contributed by atoms with Crippen molar-refractivity contribution in [2.24, 2.45) is 5.92 Å². The van der Waals surface area contributed by atoms with Gasteiger partial charge in [0.05, 0.1) is 0 Å². The molecule has 3 nitrogen and oxygen atoms in total. The van der Waals surface area contributed by atoms with Crippen molar-refractivity contribution in [3.8, 4) is 0 Å². The van der Waals surface area contributed by atoms with Gasteiger partial charge < -0.3 is 4.57 Å². The van der Waals surface area contributed by atoms with E-state index >= 15 is 0 Å². The van der Waals surface area contributed by atoms with Crippen LogP contribution in [-0.4, -0.2) is 20.7 Å². The highest BCUT2D eigenvalue weighted by atomic mass is 35.5. The van der Waals surface area contributed by atoms with E-state index in [-0.39, 0.29) is 5.56 Å². The Bertz CT molecular complexity index is 406. The van der Waals surface area contributed by atoms with Crippen molar-refractivity contribution in [1.29, 1.82) is 0 Å². The molecule has 0 amide bonds. The summed E-state index contributed by atoms with van der Waals surface area (Å²) in [5, 5.41) is 0.897. The van der Waals surface area contributed by atoms with Crippen LogP contribution in [0.3, 0.4) is 0 Å². The molecule has 0 N–H and O–H groups in total. The fourth-order valence-electron chi connectivity index (χ4n) is 1.45. The van der Waals surface area contributed by atoms with Gasteiger partial charge in [0.15, 0.2) is 5.03 Å². The Labute approximate surface area is 112 Å². The van der Waals surface area contributed by atoms with Crippen molar-refractivity contribution in [3.05, 3.63) is 22.7 Å². The van der Waals surface area contributed by atoms with E-state index in [0.29, 0.717) is 22.1 Å². The van der Waals surface area contributed by atoms with Crippen molar-refractivity contribution in [2.75, 3.05) is 5.88 Å². The van der Waals surface area contributed by atoms with Gasteiger partial charge in [0.25, 0.3) is 5.56 Å². The zero-order valence-electron chi connectivity index (χ0n) is 10.5. The van der Waals surface area contributed by atoms with E-state index in [1.165, 1.54) is 11.8 Å². The van der Waals surface area contributed by atoms with Crippen molar-refractivity contribution in [1.82, 2.24) is 9.55 Å². The quantitative estimate of drug-likeness (QED) is 0.591. The van der Waals surface area contributed by atoms with Crippen LogP contribution in [0.15, 0.2) is 22.2 Å². The van der Waals surface area contributed by atoms with E-state index in [1.807, 2.05) is 0 Å². The van der Waals surface area contributed by atoms with Crippen LogP contribution in [0.1, 0.15) is 27.2 Å². The summed E-state index contributed by atoms with van der Waals surface area (Å²) in [5.74, 6) is 1.06. The molecule has 0 bridgehead atoms. The van der Waals surface area contributed by atoms with Crippen molar-refractivity contribution in [3.63, 3.8) is 0 Å². The maximum Gasteiger partial charge on any atom is 0.283 e. The third-order valence-electron chi connectivity index (χ3n) is 2.27. The first-order valence-corrected chi connectivity index (χ1v) is 7.24. The molecule has 96 valence electrons. The molecule has 0 aliphatic carbocycles. The summed E-state index contributed by atoms with van der Waals surface area (Å²) in [6.45, 7) is 6.98. The van der Waals surface area contributed by atoms with Crippen LogP contribution in [0.5, 0.6) is 0 Å². The predicted molar refractivity (Wildman–Crippen MR) is 74.0 cm³/mol. The van der Waals surface area contributed by atoms with Gasteiger partial charge in [-0.15, -0.1) is 11.6 Å². The first-order chi connectivity index (χ1) is 8.04. The minimum absolute atomic E-state index is 0.00706. The maximum atomic E-state index is 12.1. The van der Waals surface area contributed by atoms with Gasteiger partial charge in [0.2, 0.25) is 0 Å². The average molecular weight is 275 g/mol. The predicted octanol–water partition coefficient (Wildman–Crippen LogP) is 3.01. The Morgan fingerprint density at radius 1 is 1.47 bits per heavy atom. The molecule has 5 heteroatoms. The molecule has 0 fully saturated rings. The van der Waals surface area contributed by atoms with Crippen LogP contribution >= 0.6 is 23.4 Å². The van der Waals surface area contributed by atoms with Crippen LogP contribution in [0.25, 0.3) is 0 Å². The maximum absolute atomic E-state index is 12.1. The summed E-state index contributed by atoms with van der Waals surface area (Å²) in [6.07, 6.45) is 4.32. The number of halogens is 1. The molecule has 0 radical (unpaired) electrons. The fourth-order valence-corrected chi connectivity index (χ4v) is 2.86. The standard InChI is InChI=1S/C12H19ClN2OS/c1-9(2)8-15-7-6-14-11(12(15)16)17-10(3)4-5-13/h6-7,9-10H,4-5,8H2,1-3H3. The Kier molecular flexibility index (Phi) is 6.06. The summed E-state index contributed by atoms with van der Waals surface area (Å²) < 4.78 is 1.73. The second-order valence-corrected chi connectivity index (χ2v) is 6.29. The fraction of sp³-hybridized carbons (Fsp3) is 0.667. The van der Waals surface area contributed by atoms with E-state index < -0.39 is 0 Å². The molecular weight excluding hydrogens is 256 g/mol. The highest BCUT2D eigenvalue weighted by molar-refractivity contribution is 7.99. The molecule has 1 atom stereocenters. The Balaban J connectivity index is 2.83. The molecule has 0 aromatic carbocycles. The zero-order chi connectivity index (χ0) is 12.8. The molecule has 1 aromatic heterocycles. The molecule has 0 aliphatic rings. The van der Waals surface area contributed by atoms with Crippen LogP contribution in [0.2, 0.25) is 0 Å². The molecule has 1 rings (SSSR count). The summed E-state index contributed by atoms with van der Waals surface area (Å²) in [7, 11) is 0. The third kappa shape index (κ3) is 4.72. The van der Waals surface area contributed by atoms with E-state index in [4.69, 9.17) is 11.6 Å². The lowest BCUT2D eigenvalue weighted by molar-refractivity contribution is 0.502. The summed E-state index contributed by atoms with van der Waals surface area (Å²) in [4.78, 5) is 16.2. The van der Waals surface area contributed by atoms with Crippen molar-refractivity contribution in [2.45, 2.75) is 44.0 Å². The van der Waals surface area contributed by atoms with Crippen LogP contribution in [-0.2, 0) is 6.54 Å². The normalized spacial score (nSPS) is 13.0. The largest absolute Gasteiger partial charge is 0.311 e. The second-order valence-electron chi connectivity index (χ2n) is 4.49. The number of hydrogen-bond donors (Lipinski definition) is 0. The lowest BCUT2D eigenvalue weighted by Gasteiger charge is -2.11. The second kappa shape index (κ2) is 7.07. The van der Waals surface area contributed by atoms with Crippen LogP contribution in [0.4, 0.5) is 0 Å². The molecule has 0 saturated heterocycles. The summed E-state index contributed by atoms with van der Waals surface area (Å²) in [6, 6.07) is 0. The lowest BCUT2D eigenvalue weighted by Crippen LogP contribution is -2.24. The van der Waals surface area contributed by atoms with Crippen LogP contribution < -0.4 is 5.56 Å². The monoisotopic (exact) mass is 274 g/mol. The number of aromatic nitrogens is 2. The van der Waals surface area contributed by atoms with Gasteiger partial charge in [-0.05, 0) is 12.3 Å². The molecule has 0 spiro atoms. The molecule has 17 heavy (non-hydrogen) atoms. The summed E-state index contributed by atoms with van der Waals surface area (Å²) in [5.41, 5.74) is 0.00706. The Hall–Kier alpha value is -0.480. The van der Waals surface area contributed by atoms with Gasteiger partial charge in [-0.2, -0.15) is 0 Å². The number of nitrogens with zero attached hydrogens (tertiary/aromatic N) is 2. The number of alkyl halides is 1. The zero-order valence-corrected chi connectivity index (χ0v) is 12.1. The molecule has 1 aromatic rings. The minimum atomic E-state index is 0.00706. The van der Waals surface area contributed by atoms with E-state index in [0.717, 1.165) is 13.0 Å². The molecular formula is C12H19ClN2OS. The topological polar surface area (TPSA) is 34.9 Å². The van der Waals surface area contributed by atoms with Gasteiger partial charge in [-0.3, -0.25) is 4.79 Å². The first-order valence-electron chi connectivity index (χ1n) is 5.82. The summed E-state index contributed by atoms with van der Waals surface area (Å²) >= 11 is 7.19. The minimum Gasteiger partial charge on any atom is -0.311 e.